The molecule has 140 valence electrons. The molecule has 2 atom stereocenters. The van der Waals surface area contributed by atoms with Crippen molar-refractivity contribution in [3.05, 3.63) is 0 Å². The predicted octanol–water partition coefficient (Wildman–Crippen LogP) is 2.21. The molecule has 1 aliphatic carbocycles. The Morgan fingerprint density at radius 3 is 1.96 bits per heavy atom. The minimum atomic E-state index is 0.985. The van der Waals surface area contributed by atoms with Crippen LogP contribution in [0.5, 0.6) is 0 Å². The zero-order valence-electron chi connectivity index (χ0n) is 16.1. The van der Waals surface area contributed by atoms with Gasteiger partial charge in [-0.3, -0.25) is 0 Å². The summed E-state index contributed by atoms with van der Waals surface area (Å²) in [7, 11) is 2.29. The summed E-state index contributed by atoms with van der Waals surface area (Å²) in [6, 6.07) is 0. The molecule has 3 fully saturated rings. The van der Waals surface area contributed by atoms with Crippen molar-refractivity contribution in [1.82, 2.24) is 19.6 Å². The summed E-state index contributed by atoms with van der Waals surface area (Å²) in [5.41, 5.74) is 0. The van der Waals surface area contributed by atoms with Crippen molar-refractivity contribution in [2.24, 2.45) is 5.92 Å². The quantitative estimate of drug-likeness (QED) is 0.766. The monoisotopic (exact) mass is 336 g/mol. The first kappa shape index (κ1) is 18.6. The lowest BCUT2D eigenvalue weighted by molar-refractivity contribution is 0.116. The van der Waals surface area contributed by atoms with Crippen LogP contribution in [0.25, 0.3) is 0 Å². The van der Waals surface area contributed by atoms with Crippen LogP contribution in [0.2, 0.25) is 0 Å². The molecule has 0 N–H and O–H groups in total. The van der Waals surface area contributed by atoms with E-state index in [-0.39, 0.29) is 0 Å². The summed E-state index contributed by atoms with van der Waals surface area (Å²) in [5.74, 6) is 0.985. The highest BCUT2D eigenvalue weighted by Crippen LogP contribution is 2.24. The molecule has 0 amide bonds. The molecule has 0 radical (unpaired) electrons. The molecule has 2 heterocycles. The smallest absolute Gasteiger partial charge is 0.0110 e. The van der Waals surface area contributed by atoms with Crippen LogP contribution < -0.4 is 0 Å². The Labute approximate surface area is 150 Å². The summed E-state index contributed by atoms with van der Waals surface area (Å²) in [4.78, 5) is 10.8. The van der Waals surface area contributed by atoms with E-state index in [0.29, 0.717) is 0 Å². The highest BCUT2D eigenvalue weighted by molar-refractivity contribution is 4.76. The van der Waals surface area contributed by atoms with Gasteiger partial charge in [-0.1, -0.05) is 19.3 Å². The van der Waals surface area contributed by atoms with Crippen molar-refractivity contribution in [3.8, 4) is 0 Å². The third kappa shape index (κ3) is 6.29. The van der Waals surface area contributed by atoms with Gasteiger partial charge in [0.1, 0.15) is 0 Å². The Hall–Kier alpha value is -0.160. The van der Waals surface area contributed by atoms with Crippen molar-refractivity contribution in [2.75, 3.05) is 79.0 Å². The van der Waals surface area contributed by atoms with Crippen molar-refractivity contribution >= 4 is 0 Å². The Bertz CT molecular complexity index is 343. The number of rotatable bonds is 2. The fraction of sp³-hybridized carbons (Fsp3) is 1.00. The van der Waals surface area contributed by atoms with Crippen LogP contribution in [0, 0.1) is 5.92 Å². The van der Waals surface area contributed by atoms with Gasteiger partial charge < -0.3 is 19.6 Å². The van der Waals surface area contributed by atoms with Crippen LogP contribution in [0.3, 0.4) is 0 Å². The third-order valence-corrected chi connectivity index (χ3v) is 6.47. The fourth-order valence-corrected chi connectivity index (χ4v) is 4.77. The molecule has 1 saturated carbocycles. The van der Waals surface area contributed by atoms with Gasteiger partial charge in [0.2, 0.25) is 0 Å². The van der Waals surface area contributed by atoms with E-state index in [1.165, 1.54) is 117 Å². The van der Waals surface area contributed by atoms with Crippen molar-refractivity contribution in [3.63, 3.8) is 0 Å². The van der Waals surface area contributed by atoms with Gasteiger partial charge >= 0.3 is 0 Å². The lowest BCUT2D eigenvalue weighted by Crippen LogP contribution is -2.47. The predicted molar refractivity (Wildman–Crippen MR) is 103 cm³/mol. The van der Waals surface area contributed by atoms with Gasteiger partial charge in [-0.25, -0.2) is 0 Å². The molecular formula is C20H40N4. The average molecular weight is 337 g/mol. The summed E-state index contributed by atoms with van der Waals surface area (Å²) < 4.78 is 0. The molecule has 2 bridgehead atoms. The molecule has 2 aliphatic heterocycles. The first-order valence-corrected chi connectivity index (χ1v) is 10.7. The molecule has 0 aromatic carbocycles. The van der Waals surface area contributed by atoms with E-state index in [9.17, 15) is 0 Å². The maximum Gasteiger partial charge on any atom is 0.0110 e. The molecule has 4 nitrogen and oxygen atoms in total. The van der Waals surface area contributed by atoms with E-state index in [4.69, 9.17) is 0 Å². The van der Waals surface area contributed by atoms with Gasteiger partial charge in [-0.05, 0) is 64.8 Å². The van der Waals surface area contributed by atoms with E-state index >= 15 is 0 Å². The van der Waals surface area contributed by atoms with Crippen molar-refractivity contribution in [2.45, 2.75) is 44.9 Å². The number of likely N-dealkylation sites (N-methyl/N-ethyl adjacent to an activating group) is 1. The van der Waals surface area contributed by atoms with Crippen LogP contribution in [-0.2, 0) is 0 Å². The molecule has 0 spiro atoms. The highest BCUT2D eigenvalue weighted by Gasteiger charge is 2.20. The standard InChI is InChI=1S/C20H40N4/c1-21-9-5-10-23-16-15-22(14-13-21)11-6-12-24(18-17-23)19-20-7-3-2-4-8-20/h20H,2-19H2,1H3. The van der Waals surface area contributed by atoms with Crippen LogP contribution in [0.1, 0.15) is 44.9 Å². The lowest BCUT2D eigenvalue weighted by atomic mass is 9.89. The van der Waals surface area contributed by atoms with Gasteiger partial charge in [0.05, 0.1) is 0 Å². The SMILES string of the molecule is CN1CCCN2CCN(CCCN(CC3CCCCC3)CC2)CC1. The Balaban J connectivity index is 1.55. The maximum absolute atomic E-state index is 2.81. The molecular weight excluding hydrogens is 296 g/mol. The van der Waals surface area contributed by atoms with Crippen LogP contribution >= 0.6 is 0 Å². The third-order valence-electron chi connectivity index (χ3n) is 6.47. The van der Waals surface area contributed by atoms with Gasteiger partial charge in [-0.15, -0.1) is 0 Å². The number of fused-ring (bicyclic) bond motifs is 3. The molecule has 3 aliphatic rings. The van der Waals surface area contributed by atoms with E-state index < -0.39 is 0 Å². The van der Waals surface area contributed by atoms with E-state index in [1.807, 2.05) is 0 Å². The zero-order valence-corrected chi connectivity index (χ0v) is 16.1. The molecule has 2 unspecified atom stereocenters. The molecule has 24 heavy (non-hydrogen) atoms. The van der Waals surface area contributed by atoms with Crippen LogP contribution in [0.15, 0.2) is 0 Å². The second-order valence-corrected chi connectivity index (χ2v) is 8.50. The van der Waals surface area contributed by atoms with Crippen LogP contribution in [0.4, 0.5) is 0 Å². The summed E-state index contributed by atoms with van der Waals surface area (Å²) >= 11 is 0. The summed E-state index contributed by atoms with van der Waals surface area (Å²) in [5, 5.41) is 0. The number of nitrogens with zero attached hydrogens (tertiary/aromatic N) is 4. The summed E-state index contributed by atoms with van der Waals surface area (Å²) in [6.45, 7) is 14.2. The van der Waals surface area contributed by atoms with Crippen molar-refractivity contribution in [1.29, 1.82) is 0 Å². The normalized spacial score (nSPS) is 33.4. The Kier molecular flexibility index (Phi) is 7.84. The second kappa shape index (κ2) is 10.1. The number of hydrogen-bond donors (Lipinski definition) is 0. The minimum Gasteiger partial charge on any atom is -0.305 e. The van der Waals surface area contributed by atoms with Gasteiger partial charge in [0.25, 0.3) is 0 Å². The van der Waals surface area contributed by atoms with E-state index in [1.54, 1.807) is 0 Å². The molecule has 4 heteroatoms. The first-order chi connectivity index (χ1) is 11.8. The maximum atomic E-state index is 2.81. The van der Waals surface area contributed by atoms with E-state index in [2.05, 4.69) is 26.6 Å². The topological polar surface area (TPSA) is 13.0 Å². The molecule has 0 aromatic rings. The lowest BCUT2D eigenvalue weighted by Gasteiger charge is -2.36. The Morgan fingerprint density at radius 2 is 1.21 bits per heavy atom. The summed E-state index contributed by atoms with van der Waals surface area (Å²) in [6.07, 6.45) is 10.1. The molecule has 2 saturated heterocycles. The van der Waals surface area contributed by atoms with Crippen molar-refractivity contribution < 1.29 is 0 Å². The Morgan fingerprint density at radius 1 is 0.583 bits per heavy atom. The van der Waals surface area contributed by atoms with Crippen LogP contribution in [-0.4, -0.2) is 98.6 Å². The van der Waals surface area contributed by atoms with E-state index in [0.717, 1.165) is 5.92 Å². The van der Waals surface area contributed by atoms with Gasteiger partial charge in [0, 0.05) is 45.8 Å². The van der Waals surface area contributed by atoms with Gasteiger partial charge in [0.15, 0.2) is 0 Å². The average Bonchev–Trinajstić information content (AvgIpc) is 2.61. The number of hydrogen-bond acceptors (Lipinski definition) is 4. The zero-order chi connectivity index (χ0) is 16.6. The minimum absolute atomic E-state index is 0.985. The first-order valence-electron chi connectivity index (χ1n) is 10.7. The largest absolute Gasteiger partial charge is 0.305 e. The second-order valence-electron chi connectivity index (χ2n) is 8.50. The van der Waals surface area contributed by atoms with Gasteiger partial charge in [-0.2, -0.15) is 0 Å². The molecule has 0 aromatic heterocycles. The highest BCUT2D eigenvalue weighted by atomic mass is 15.3. The fourth-order valence-electron chi connectivity index (χ4n) is 4.77. The molecule has 3 rings (SSSR count).